The van der Waals surface area contributed by atoms with E-state index in [0.717, 1.165) is 42.9 Å². The lowest BCUT2D eigenvalue weighted by atomic mass is 9.95. The summed E-state index contributed by atoms with van der Waals surface area (Å²) in [4.78, 5) is 37.8. The Kier molecular flexibility index (Phi) is 5.47. The number of rotatable bonds is 3. The van der Waals surface area contributed by atoms with E-state index in [1.807, 2.05) is 34.2 Å². The topological polar surface area (TPSA) is 75.6 Å². The molecular weight excluding hydrogens is 368 g/mol. The van der Waals surface area contributed by atoms with Crippen LogP contribution >= 0.6 is 0 Å². The molecule has 4 rings (SSSR count). The predicted molar refractivity (Wildman–Crippen MR) is 108 cm³/mol. The van der Waals surface area contributed by atoms with Crippen LogP contribution in [0.5, 0.6) is 5.75 Å². The number of amides is 2. The third kappa shape index (κ3) is 3.95. The number of carbonyl (C=O) groups excluding carboxylic acids is 2. The minimum Gasteiger partial charge on any atom is -0.496 e. The maximum Gasteiger partial charge on any atom is 0.257 e. The zero-order chi connectivity index (χ0) is 20.4. The summed E-state index contributed by atoms with van der Waals surface area (Å²) < 4.78 is 5.36. The van der Waals surface area contributed by atoms with Crippen LogP contribution in [0.25, 0.3) is 0 Å². The Morgan fingerprint density at radius 1 is 1.17 bits per heavy atom. The van der Waals surface area contributed by atoms with E-state index in [1.165, 1.54) is 0 Å². The number of ether oxygens (including phenoxy) is 1. The van der Waals surface area contributed by atoms with Crippen LogP contribution in [0.1, 0.15) is 53.1 Å². The number of methoxy groups -OCH3 is 1. The van der Waals surface area contributed by atoms with Crippen molar-refractivity contribution in [3.63, 3.8) is 0 Å². The predicted octanol–water partition coefficient (Wildman–Crippen LogP) is 2.41. The van der Waals surface area contributed by atoms with Crippen molar-refractivity contribution in [1.29, 1.82) is 0 Å². The second kappa shape index (κ2) is 8.19. The molecule has 1 aromatic heterocycles. The number of carbonyl (C=O) groups is 2. The van der Waals surface area contributed by atoms with Crippen molar-refractivity contribution >= 4 is 11.8 Å². The standard InChI is InChI=1S/C22H26N4O3/c1-15(27)25-11-9-19-17(14-25)12-23-21(24-19)16-6-5-10-26(13-16)22(28)18-7-3-4-8-20(18)29-2/h3-4,7-8,12,16H,5-6,9-11,13-14H2,1-2H3. The molecular formula is C22H26N4O3. The van der Waals surface area contributed by atoms with Gasteiger partial charge in [-0.1, -0.05) is 12.1 Å². The van der Waals surface area contributed by atoms with Gasteiger partial charge in [0, 0.05) is 57.2 Å². The fourth-order valence-corrected chi connectivity index (χ4v) is 4.16. The molecule has 2 aliphatic rings. The van der Waals surface area contributed by atoms with Gasteiger partial charge in [-0.25, -0.2) is 9.97 Å². The summed E-state index contributed by atoms with van der Waals surface area (Å²) in [5, 5.41) is 0. The second-order valence-electron chi connectivity index (χ2n) is 7.68. The minimum atomic E-state index is -0.0118. The third-order valence-electron chi connectivity index (χ3n) is 5.81. The molecule has 1 unspecified atom stereocenters. The Balaban J connectivity index is 1.50. The molecule has 0 saturated carbocycles. The van der Waals surface area contributed by atoms with Gasteiger partial charge in [-0.2, -0.15) is 0 Å². The SMILES string of the molecule is COc1ccccc1C(=O)N1CCCC(c2ncc3c(n2)CCN(C(C)=O)C3)C1. The van der Waals surface area contributed by atoms with Crippen molar-refractivity contribution in [3.05, 3.63) is 53.1 Å². The smallest absolute Gasteiger partial charge is 0.257 e. The molecule has 7 heteroatoms. The highest BCUT2D eigenvalue weighted by Crippen LogP contribution is 2.28. The summed E-state index contributed by atoms with van der Waals surface area (Å²) in [5.41, 5.74) is 2.64. The zero-order valence-electron chi connectivity index (χ0n) is 16.9. The first-order valence-electron chi connectivity index (χ1n) is 10.1. The van der Waals surface area contributed by atoms with Crippen LogP contribution < -0.4 is 4.74 Å². The number of benzene rings is 1. The summed E-state index contributed by atoms with van der Waals surface area (Å²) in [6, 6.07) is 7.34. The van der Waals surface area contributed by atoms with E-state index in [1.54, 1.807) is 20.1 Å². The average Bonchev–Trinajstić information content (AvgIpc) is 2.77. The van der Waals surface area contributed by atoms with E-state index < -0.39 is 0 Å². The number of hydrogen-bond acceptors (Lipinski definition) is 5. The molecule has 2 aliphatic heterocycles. The summed E-state index contributed by atoms with van der Waals surface area (Å²) in [5.74, 6) is 1.59. The molecule has 3 heterocycles. The molecule has 0 bridgehead atoms. The minimum absolute atomic E-state index is 0.0118. The van der Waals surface area contributed by atoms with E-state index in [2.05, 4.69) is 4.98 Å². The second-order valence-corrected chi connectivity index (χ2v) is 7.68. The van der Waals surface area contributed by atoms with Crippen molar-refractivity contribution in [1.82, 2.24) is 19.8 Å². The zero-order valence-corrected chi connectivity index (χ0v) is 16.9. The molecule has 1 atom stereocenters. The first-order chi connectivity index (χ1) is 14.1. The van der Waals surface area contributed by atoms with Crippen LogP contribution in [0.15, 0.2) is 30.5 Å². The molecule has 2 aromatic rings. The molecule has 2 amide bonds. The summed E-state index contributed by atoms with van der Waals surface area (Å²) in [6.45, 7) is 4.20. The average molecular weight is 394 g/mol. The van der Waals surface area contributed by atoms with Gasteiger partial charge in [-0.3, -0.25) is 9.59 Å². The van der Waals surface area contributed by atoms with Crippen LogP contribution in [-0.4, -0.2) is 58.3 Å². The highest BCUT2D eigenvalue weighted by molar-refractivity contribution is 5.97. The van der Waals surface area contributed by atoms with Gasteiger partial charge in [0.2, 0.25) is 5.91 Å². The first kappa shape index (κ1) is 19.4. The number of aromatic nitrogens is 2. The summed E-state index contributed by atoms with van der Waals surface area (Å²) in [7, 11) is 1.58. The number of likely N-dealkylation sites (tertiary alicyclic amines) is 1. The molecule has 152 valence electrons. The van der Waals surface area contributed by atoms with E-state index in [-0.39, 0.29) is 17.7 Å². The van der Waals surface area contributed by atoms with Crippen molar-refractivity contribution in [3.8, 4) is 5.75 Å². The van der Waals surface area contributed by atoms with Crippen LogP contribution in [0, 0.1) is 0 Å². The molecule has 0 aliphatic carbocycles. The van der Waals surface area contributed by atoms with Gasteiger partial charge in [0.25, 0.3) is 5.91 Å². The molecule has 7 nitrogen and oxygen atoms in total. The maximum atomic E-state index is 13.1. The fourth-order valence-electron chi connectivity index (χ4n) is 4.16. The molecule has 29 heavy (non-hydrogen) atoms. The monoisotopic (exact) mass is 394 g/mol. The van der Waals surface area contributed by atoms with E-state index in [4.69, 9.17) is 9.72 Å². The Hall–Kier alpha value is -2.96. The summed E-state index contributed by atoms with van der Waals surface area (Å²) >= 11 is 0. The number of para-hydroxylation sites is 1. The van der Waals surface area contributed by atoms with Crippen LogP contribution in [-0.2, 0) is 17.8 Å². The van der Waals surface area contributed by atoms with Crippen molar-refractivity contribution in [2.45, 2.75) is 38.6 Å². The van der Waals surface area contributed by atoms with Crippen LogP contribution in [0.3, 0.4) is 0 Å². The van der Waals surface area contributed by atoms with E-state index in [9.17, 15) is 9.59 Å². The number of fused-ring (bicyclic) bond motifs is 1. The van der Waals surface area contributed by atoms with Crippen LogP contribution in [0.4, 0.5) is 0 Å². The van der Waals surface area contributed by atoms with Gasteiger partial charge in [0.1, 0.15) is 11.6 Å². The molecule has 1 fully saturated rings. The normalized spacial score (nSPS) is 18.9. The number of hydrogen-bond donors (Lipinski definition) is 0. The number of nitrogens with zero attached hydrogens (tertiary/aromatic N) is 4. The first-order valence-corrected chi connectivity index (χ1v) is 10.1. The van der Waals surface area contributed by atoms with Gasteiger partial charge in [0.05, 0.1) is 18.4 Å². The lowest BCUT2D eigenvalue weighted by molar-refractivity contribution is -0.129. The van der Waals surface area contributed by atoms with Gasteiger partial charge >= 0.3 is 0 Å². The lowest BCUT2D eigenvalue weighted by Crippen LogP contribution is -2.40. The van der Waals surface area contributed by atoms with Gasteiger partial charge in [-0.05, 0) is 25.0 Å². The maximum absolute atomic E-state index is 13.1. The van der Waals surface area contributed by atoms with E-state index in [0.29, 0.717) is 30.9 Å². The van der Waals surface area contributed by atoms with Crippen molar-refractivity contribution < 1.29 is 14.3 Å². The molecule has 0 radical (unpaired) electrons. The molecule has 1 saturated heterocycles. The summed E-state index contributed by atoms with van der Waals surface area (Å²) in [6.07, 6.45) is 4.49. The van der Waals surface area contributed by atoms with Gasteiger partial charge in [0.15, 0.2) is 0 Å². The quantitative estimate of drug-likeness (QED) is 0.799. The third-order valence-corrected chi connectivity index (χ3v) is 5.81. The van der Waals surface area contributed by atoms with E-state index >= 15 is 0 Å². The van der Waals surface area contributed by atoms with Crippen molar-refractivity contribution in [2.75, 3.05) is 26.7 Å². The number of piperidine rings is 1. The molecule has 0 N–H and O–H groups in total. The Bertz CT molecular complexity index is 930. The highest BCUT2D eigenvalue weighted by Gasteiger charge is 2.29. The van der Waals surface area contributed by atoms with Gasteiger partial charge in [-0.15, -0.1) is 0 Å². The van der Waals surface area contributed by atoms with Gasteiger partial charge < -0.3 is 14.5 Å². The highest BCUT2D eigenvalue weighted by atomic mass is 16.5. The molecule has 0 spiro atoms. The Morgan fingerprint density at radius 3 is 2.79 bits per heavy atom. The van der Waals surface area contributed by atoms with Crippen LogP contribution in [0.2, 0.25) is 0 Å². The van der Waals surface area contributed by atoms with Crippen molar-refractivity contribution in [2.24, 2.45) is 0 Å². The Labute approximate surface area is 170 Å². The largest absolute Gasteiger partial charge is 0.496 e. The molecule has 1 aromatic carbocycles. The fraction of sp³-hybridized carbons (Fsp3) is 0.455. The Morgan fingerprint density at radius 2 is 2.00 bits per heavy atom. The lowest BCUT2D eigenvalue weighted by Gasteiger charge is -2.33.